The summed E-state index contributed by atoms with van der Waals surface area (Å²) in [6.07, 6.45) is 4.55. The van der Waals surface area contributed by atoms with Crippen LogP contribution in [0.15, 0.2) is 31.7 Å². The Morgan fingerprint density at radius 3 is 1.47 bits per heavy atom. The van der Waals surface area contributed by atoms with Crippen LogP contribution >= 0.6 is 12.6 Å². The van der Waals surface area contributed by atoms with Crippen LogP contribution in [0, 0.1) is 0 Å². The molecule has 3 nitrogen and oxygen atoms in total. The minimum atomic E-state index is -1.24. The molecule has 0 saturated heterocycles. The molecule has 17 heavy (non-hydrogen) atoms. The van der Waals surface area contributed by atoms with Gasteiger partial charge in [0.05, 0.1) is 31.4 Å². The van der Waals surface area contributed by atoms with Crippen LogP contribution < -0.4 is 0 Å². The summed E-state index contributed by atoms with van der Waals surface area (Å²) < 4.78 is 34.4. The van der Waals surface area contributed by atoms with E-state index in [9.17, 15) is 12.6 Å². The molecular formula is C9H12O3S4Zn. The van der Waals surface area contributed by atoms with Crippen molar-refractivity contribution in [2.24, 2.45) is 0 Å². The molecule has 1 aromatic carbocycles. The van der Waals surface area contributed by atoms with E-state index in [-0.39, 0.29) is 19.5 Å². The number of hydrogen-bond acceptors (Lipinski definition) is 4. The van der Waals surface area contributed by atoms with Crippen molar-refractivity contribution >= 4 is 45.0 Å². The standard InChI is InChI=1S/C9H12O3S4.Zn/c1-14(10)6-4-7(15(2)11)9(13)8(5-6)16(3)12;/h4-5,13H,1-3H3;. The maximum atomic E-state index is 11.5. The van der Waals surface area contributed by atoms with Crippen molar-refractivity contribution in [1.82, 2.24) is 0 Å². The summed E-state index contributed by atoms with van der Waals surface area (Å²) in [7, 11) is -3.67. The summed E-state index contributed by atoms with van der Waals surface area (Å²) in [5.41, 5.74) is 0. The van der Waals surface area contributed by atoms with Crippen LogP contribution in [0.25, 0.3) is 0 Å². The molecule has 8 heteroatoms. The Morgan fingerprint density at radius 2 is 1.24 bits per heavy atom. The van der Waals surface area contributed by atoms with Crippen molar-refractivity contribution in [3.05, 3.63) is 12.1 Å². The van der Waals surface area contributed by atoms with E-state index in [2.05, 4.69) is 12.6 Å². The second kappa shape index (κ2) is 7.29. The molecule has 0 spiro atoms. The van der Waals surface area contributed by atoms with Crippen molar-refractivity contribution in [1.29, 1.82) is 0 Å². The van der Waals surface area contributed by atoms with Gasteiger partial charge in [-0.15, -0.1) is 12.6 Å². The van der Waals surface area contributed by atoms with Gasteiger partial charge in [0.15, 0.2) is 0 Å². The molecule has 0 aromatic heterocycles. The predicted octanol–water partition coefficient (Wildman–Crippen LogP) is 1.19. The van der Waals surface area contributed by atoms with Crippen LogP contribution in [0.2, 0.25) is 0 Å². The summed E-state index contributed by atoms with van der Waals surface area (Å²) >= 11 is 4.22. The normalized spacial score (nSPS) is 15.8. The van der Waals surface area contributed by atoms with E-state index in [1.807, 2.05) is 0 Å². The van der Waals surface area contributed by atoms with Crippen LogP contribution in [0.4, 0.5) is 0 Å². The monoisotopic (exact) mass is 360 g/mol. The molecule has 0 aliphatic carbocycles. The molecule has 0 heterocycles. The van der Waals surface area contributed by atoms with Gasteiger partial charge in [-0.05, 0) is 12.1 Å². The fourth-order valence-electron chi connectivity index (χ4n) is 1.16. The molecule has 0 amide bonds. The third-order valence-corrected chi connectivity index (χ3v) is 5.53. The Bertz CT molecular complexity index is 466. The quantitative estimate of drug-likeness (QED) is 0.650. The largest absolute Gasteiger partial charge is 0.255 e. The second-order valence-electron chi connectivity index (χ2n) is 3.13. The van der Waals surface area contributed by atoms with Crippen LogP contribution in [0.5, 0.6) is 0 Å². The second-order valence-corrected chi connectivity index (χ2v) is 7.65. The Balaban J connectivity index is 0.00000256. The molecule has 0 radical (unpaired) electrons. The van der Waals surface area contributed by atoms with Gasteiger partial charge < -0.3 is 0 Å². The van der Waals surface area contributed by atoms with Crippen molar-refractivity contribution in [2.45, 2.75) is 19.6 Å². The molecule has 0 saturated carbocycles. The fraction of sp³-hybridized carbons (Fsp3) is 0.333. The third kappa shape index (κ3) is 4.35. The minimum Gasteiger partial charge on any atom is -0.255 e. The molecule has 0 fully saturated rings. The first-order valence-corrected chi connectivity index (χ1v) is 9.34. The first-order chi connectivity index (χ1) is 7.34. The van der Waals surface area contributed by atoms with Crippen molar-refractivity contribution in [3.8, 4) is 0 Å². The van der Waals surface area contributed by atoms with Gasteiger partial charge in [0, 0.05) is 58.8 Å². The van der Waals surface area contributed by atoms with Crippen LogP contribution in [-0.2, 0) is 51.9 Å². The first-order valence-electron chi connectivity index (χ1n) is 4.22. The Hall–Kier alpha value is 0.643. The number of benzene rings is 1. The molecule has 3 unspecified atom stereocenters. The first kappa shape index (κ1) is 17.6. The van der Waals surface area contributed by atoms with E-state index in [4.69, 9.17) is 0 Å². The van der Waals surface area contributed by atoms with Crippen LogP contribution in [0.3, 0.4) is 0 Å². The summed E-state index contributed by atoms with van der Waals surface area (Å²) in [5, 5.41) is 0. The third-order valence-electron chi connectivity index (χ3n) is 1.96. The van der Waals surface area contributed by atoms with Crippen molar-refractivity contribution in [2.75, 3.05) is 18.8 Å². The van der Waals surface area contributed by atoms with Gasteiger partial charge in [-0.3, -0.25) is 12.6 Å². The molecule has 0 aliphatic heterocycles. The van der Waals surface area contributed by atoms with Gasteiger partial charge in [0.2, 0.25) is 0 Å². The van der Waals surface area contributed by atoms with Gasteiger partial charge in [-0.1, -0.05) is 0 Å². The Kier molecular flexibility index (Phi) is 7.56. The van der Waals surface area contributed by atoms with E-state index < -0.39 is 32.4 Å². The Labute approximate surface area is 127 Å². The van der Waals surface area contributed by atoms with Gasteiger partial charge in [0.25, 0.3) is 0 Å². The fourth-order valence-corrected chi connectivity index (χ4v) is 4.19. The Morgan fingerprint density at radius 1 is 0.882 bits per heavy atom. The topological polar surface area (TPSA) is 51.2 Å². The average Bonchev–Trinajstić information content (AvgIpc) is 2.16. The zero-order chi connectivity index (χ0) is 12.5. The number of rotatable bonds is 3. The number of thiol groups is 1. The zero-order valence-electron chi connectivity index (χ0n) is 9.76. The minimum absolute atomic E-state index is 0. The SMILES string of the molecule is CS(=O)c1cc(S(C)=O)c(S)c(S(C)=O)c1.[Zn]. The predicted molar refractivity (Wildman–Crippen MR) is 70.7 cm³/mol. The van der Waals surface area contributed by atoms with E-state index in [0.717, 1.165) is 0 Å². The molecule has 0 aliphatic rings. The van der Waals surface area contributed by atoms with Crippen LogP contribution in [-0.4, -0.2) is 31.4 Å². The van der Waals surface area contributed by atoms with E-state index in [0.29, 0.717) is 19.6 Å². The molecule has 0 N–H and O–H groups in total. The molecule has 3 atom stereocenters. The average molecular weight is 362 g/mol. The summed E-state index contributed by atoms with van der Waals surface area (Å²) in [6.45, 7) is 0. The van der Waals surface area contributed by atoms with Crippen LogP contribution in [0.1, 0.15) is 0 Å². The van der Waals surface area contributed by atoms with E-state index in [1.165, 1.54) is 18.8 Å². The molecular weight excluding hydrogens is 350 g/mol. The van der Waals surface area contributed by atoms with Crippen molar-refractivity contribution < 1.29 is 32.1 Å². The molecule has 1 aromatic rings. The maximum Gasteiger partial charge on any atom is 0.0542 e. The summed E-state index contributed by atoms with van der Waals surface area (Å²) in [4.78, 5) is 1.92. The zero-order valence-corrected chi connectivity index (χ0v) is 16.1. The summed E-state index contributed by atoms with van der Waals surface area (Å²) in [5.74, 6) is 0. The smallest absolute Gasteiger partial charge is 0.0542 e. The van der Waals surface area contributed by atoms with Gasteiger partial charge >= 0.3 is 0 Å². The van der Waals surface area contributed by atoms with Gasteiger partial charge in [-0.2, -0.15) is 0 Å². The number of hydrogen-bond donors (Lipinski definition) is 1. The van der Waals surface area contributed by atoms with Gasteiger partial charge in [0.1, 0.15) is 0 Å². The summed E-state index contributed by atoms with van der Waals surface area (Å²) in [6, 6.07) is 3.18. The van der Waals surface area contributed by atoms with E-state index in [1.54, 1.807) is 12.1 Å². The maximum absolute atomic E-state index is 11.5. The van der Waals surface area contributed by atoms with E-state index >= 15 is 0 Å². The molecule has 0 bridgehead atoms. The van der Waals surface area contributed by atoms with Gasteiger partial charge in [-0.25, -0.2) is 0 Å². The molecule has 92 valence electrons. The van der Waals surface area contributed by atoms with Crippen molar-refractivity contribution in [3.63, 3.8) is 0 Å². The molecule has 1 rings (SSSR count).